The van der Waals surface area contributed by atoms with Crippen LogP contribution in [0.1, 0.15) is 18.2 Å². The molecule has 7 nitrogen and oxygen atoms in total. The summed E-state index contributed by atoms with van der Waals surface area (Å²) >= 11 is 0. The molecule has 0 saturated heterocycles. The van der Waals surface area contributed by atoms with Crippen LogP contribution in [-0.4, -0.2) is 28.0 Å². The normalized spacial score (nSPS) is 10.4. The van der Waals surface area contributed by atoms with Crippen molar-refractivity contribution in [2.75, 3.05) is 17.7 Å². The molecule has 2 N–H and O–H groups in total. The summed E-state index contributed by atoms with van der Waals surface area (Å²) in [5.74, 6) is 0.524. The number of aromatic nitrogens is 3. The molecular formula is C19H21N5O2. The molecule has 0 fully saturated rings. The van der Waals surface area contributed by atoms with E-state index in [1.165, 1.54) is 12.5 Å². The number of anilines is 2. The van der Waals surface area contributed by atoms with Crippen molar-refractivity contribution < 1.29 is 9.53 Å². The summed E-state index contributed by atoms with van der Waals surface area (Å²) in [5.41, 5.74) is 3.51. The fraction of sp³-hybridized carbons (Fsp3) is 0.211. The Labute approximate surface area is 152 Å². The predicted molar refractivity (Wildman–Crippen MR) is 100 cm³/mol. The summed E-state index contributed by atoms with van der Waals surface area (Å²) in [6, 6.07) is 15.6. The summed E-state index contributed by atoms with van der Waals surface area (Å²) in [5, 5.41) is 14.4. The fourth-order valence-corrected chi connectivity index (χ4v) is 2.57. The van der Waals surface area contributed by atoms with E-state index in [4.69, 9.17) is 4.74 Å². The quantitative estimate of drug-likeness (QED) is 0.684. The van der Waals surface area contributed by atoms with E-state index in [9.17, 15) is 4.79 Å². The van der Waals surface area contributed by atoms with Gasteiger partial charge in [-0.05, 0) is 17.7 Å². The van der Waals surface area contributed by atoms with Gasteiger partial charge in [0.2, 0.25) is 5.91 Å². The number of benzene rings is 2. The van der Waals surface area contributed by atoms with E-state index in [1.807, 2.05) is 41.2 Å². The Bertz CT molecular complexity index is 877. The van der Waals surface area contributed by atoms with Gasteiger partial charge in [0.15, 0.2) is 0 Å². The van der Waals surface area contributed by atoms with Gasteiger partial charge >= 0.3 is 0 Å². The van der Waals surface area contributed by atoms with Gasteiger partial charge < -0.3 is 15.4 Å². The lowest BCUT2D eigenvalue weighted by molar-refractivity contribution is -0.114. The third-order valence-corrected chi connectivity index (χ3v) is 3.76. The second-order valence-electron chi connectivity index (χ2n) is 5.84. The maximum atomic E-state index is 11.2. The van der Waals surface area contributed by atoms with E-state index in [0.29, 0.717) is 24.5 Å². The number of amides is 1. The highest BCUT2D eigenvalue weighted by Gasteiger charge is 2.07. The molecule has 3 rings (SSSR count). The Hall–Kier alpha value is -3.35. The number of methoxy groups -OCH3 is 1. The van der Waals surface area contributed by atoms with Crippen molar-refractivity contribution in [3.05, 3.63) is 66.0 Å². The Balaban J connectivity index is 1.63. The summed E-state index contributed by atoms with van der Waals surface area (Å²) in [6.45, 7) is 2.67. The van der Waals surface area contributed by atoms with Gasteiger partial charge in [0.05, 0.1) is 32.1 Å². The van der Waals surface area contributed by atoms with E-state index < -0.39 is 0 Å². The molecule has 0 unspecified atom stereocenters. The van der Waals surface area contributed by atoms with Crippen molar-refractivity contribution in [1.29, 1.82) is 0 Å². The number of rotatable bonds is 7. The van der Waals surface area contributed by atoms with Crippen molar-refractivity contribution in [2.24, 2.45) is 0 Å². The van der Waals surface area contributed by atoms with Crippen molar-refractivity contribution in [3.63, 3.8) is 0 Å². The number of nitrogens with zero attached hydrogens (tertiary/aromatic N) is 3. The Morgan fingerprint density at radius 1 is 1.19 bits per heavy atom. The van der Waals surface area contributed by atoms with Gasteiger partial charge in [-0.3, -0.25) is 4.79 Å². The lowest BCUT2D eigenvalue weighted by Crippen LogP contribution is -2.07. The molecule has 3 aromatic rings. The van der Waals surface area contributed by atoms with Crippen LogP contribution in [0.15, 0.2) is 54.7 Å². The molecule has 0 atom stereocenters. The molecule has 1 amide bonds. The molecule has 1 aromatic heterocycles. The maximum absolute atomic E-state index is 11.2. The number of carbonyl (C=O) groups excluding carboxylic acids is 1. The maximum Gasteiger partial charge on any atom is 0.221 e. The number of nitrogens with one attached hydrogen (secondary N) is 2. The summed E-state index contributed by atoms with van der Waals surface area (Å²) in [6.07, 6.45) is 1.91. The molecule has 0 aliphatic carbocycles. The highest BCUT2D eigenvalue weighted by Crippen LogP contribution is 2.28. The summed E-state index contributed by atoms with van der Waals surface area (Å²) in [4.78, 5) is 11.2. The van der Waals surface area contributed by atoms with Gasteiger partial charge in [0.25, 0.3) is 0 Å². The molecule has 26 heavy (non-hydrogen) atoms. The second kappa shape index (κ2) is 8.15. The largest absolute Gasteiger partial charge is 0.495 e. The van der Waals surface area contributed by atoms with Gasteiger partial charge in [0.1, 0.15) is 11.4 Å². The molecule has 2 aromatic carbocycles. The molecule has 0 spiro atoms. The number of ether oxygens (including phenoxy) is 1. The highest BCUT2D eigenvalue weighted by atomic mass is 16.5. The zero-order valence-corrected chi connectivity index (χ0v) is 14.8. The van der Waals surface area contributed by atoms with Crippen LogP contribution in [0.4, 0.5) is 11.4 Å². The van der Waals surface area contributed by atoms with Crippen molar-refractivity contribution in [1.82, 2.24) is 15.0 Å². The van der Waals surface area contributed by atoms with Crippen LogP contribution >= 0.6 is 0 Å². The van der Waals surface area contributed by atoms with Crippen LogP contribution in [0, 0.1) is 0 Å². The first-order valence-corrected chi connectivity index (χ1v) is 8.26. The van der Waals surface area contributed by atoms with Crippen LogP contribution in [0.3, 0.4) is 0 Å². The van der Waals surface area contributed by atoms with Crippen molar-refractivity contribution in [3.8, 4) is 5.75 Å². The topological polar surface area (TPSA) is 81.1 Å². The molecule has 0 saturated carbocycles. The van der Waals surface area contributed by atoms with Crippen LogP contribution in [0.25, 0.3) is 0 Å². The van der Waals surface area contributed by atoms with E-state index in [0.717, 1.165) is 11.4 Å². The van der Waals surface area contributed by atoms with E-state index in [-0.39, 0.29) is 5.91 Å². The minimum Gasteiger partial charge on any atom is -0.495 e. The van der Waals surface area contributed by atoms with Gasteiger partial charge in [-0.1, -0.05) is 35.5 Å². The standard InChI is InChI=1S/C19H21N5O2/c1-14(25)21-16-8-9-18(19(10-16)26-2)20-11-17-13-24(23-22-17)12-15-6-4-3-5-7-15/h3-10,13,20H,11-12H2,1-2H3,(H,21,25). The van der Waals surface area contributed by atoms with Gasteiger partial charge in [-0.2, -0.15) is 0 Å². The molecule has 7 heteroatoms. The van der Waals surface area contributed by atoms with Crippen LogP contribution < -0.4 is 15.4 Å². The predicted octanol–water partition coefficient (Wildman–Crippen LogP) is 2.91. The molecule has 1 heterocycles. The summed E-state index contributed by atoms with van der Waals surface area (Å²) < 4.78 is 7.19. The monoisotopic (exact) mass is 351 g/mol. The fourth-order valence-electron chi connectivity index (χ4n) is 2.57. The molecule has 0 radical (unpaired) electrons. The smallest absolute Gasteiger partial charge is 0.221 e. The minimum atomic E-state index is -0.122. The average Bonchev–Trinajstić information content (AvgIpc) is 3.08. The lowest BCUT2D eigenvalue weighted by Gasteiger charge is -2.12. The number of hydrogen-bond donors (Lipinski definition) is 2. The SMILES string of the molecule is COc1cc(NC(C)=O)ccc1NCc1cn(Cc2ccccc2)nn1. The van der Waals surface area contributed by atoms with E-state index in [2.05, 4.69) is 33.1 Å². The minimum absolute atomic E-state index is 0.122. The first-order valence-electron chi connectivity index (χ1n) is 8.26. The average molecular weight is 351 g/mol. The Morgan fingerprint density at radius 2 is 2.00 bits per heavy atom. The highest BCUT2D eigenvalue weighted by molar-refractivity contribution is 5.89. The number of hydrogen-bond acceptors (Lipinski definition) is 5. The molecule has 0 aliphatic heterocycles. The van der Waals surface area contributed by atoms with Crippen molar-refractivity contribution >= 4 is 17.3 Å². The zero-order chi connectivity index (χ0) is 18.4. The molecule has 134 valence electrons. The van der Waals surface area contributed by atoms with Crippen molar-refractivity contribution in [2.45, 2.75) is 20.0 Å². The second-order valence-corrected chi connectivity index (χ2v) is 5.84. The molecular weight excluding hydrogens is 330 g/mol. The third kappa shape index (κ3) is 4.60. The van der Waals surface area contributed by atoms with E-state index >= 15 is 0 Å². The molecule has 0 bridgehead atoms. The lowest BCUT2D eigenvalue weighted by atomic mass is 10.2. The van der Waals surface area contributed by atoms with Gasteiger partial charge in [-0.25, -0.2) is 4.68 Å². The van der Waals surface area contributed by atoms with Crippen LogP contribution in [0.5, 0.6) is 5.75 Å². The summed E-state index contributed by atoms with van der Waals surface area (Å²) in [7, 11) is 1.59. The Kier molecular flexibility index (Phi) is 5.48. The number of carbonyl (C=O) groups is 1. The zero-order valence-electron chi connectivity index (χ0n) is 14.8. The van der Waals surface area contributed by atoms with E-state index in [1.54, 1.807) is 13.2 Å². The van der Waals surface area contributed by atoms with Crippen LogP contribution in [-0.2, 0) is 17.9 Å². The first kappa shape index (κ1) is 17.5. The Morgan fingerprint density at radius 3 is 2.73 bits per heavy atom. The van der Waals surface area contributed by atoms with Gasteiger partial charge in [-0.15, -0.1) is 5.10 Å². The molecule has 0 aliphatic rings. The first-order chi connectivity index (χ1) is 12.6. The van der Waals surface area contributed by atoms with Gasteiger partial charge in [0, 0.05) is 18.7 Å². The third-order valence-electron chi connectivity index (χ3n) is 3.76. The van der Waals surface area contributed by atoms with Crippen LogP contribution in [0.2, 0.25) is 0 Å².